The molecule has 2 aromatic heterocycles. The Morgan fingerprint density at radius 2 is 2.18 bits per heavy atom. The molecule has 0 bridgehead atoms. The number of carbonyl (C=O) groups excluding carboxylic acids is 1. The number of aryl methyl sites for hydroxylation is 1. The number of alkyl halides is 1. The van der Waals surface area contributed by atoms with Gasteiger partial charge in [-0.05, 0) is 61.9 Å². The number of halogens is 1. The molecule has 1 aliphatic carbocycles. The number of anilines is 2. The predicted molar refractivity (Wildman–Crippen MR) is 122 cm³/mol. The summed E-state index contributed by atoms with van der Waals surface area (Å²) in [5.41, 5.74) is 2.40. The largest absolute Gasteiger partial charge is 0.338 e. The minimum absolute atomic E-state index is 0.0728. The Bertz CT molecular complexity index is 1320. The van der Waals surface area contributed by atoms with E-state index < -0.39 is 6.17 Å². The van der Waals surface area contributed by atoms with Crippen molar-refractivity contribution < 1.29 is 9.18 Å². The number of fused-ring (bicyclic) bond motifs is 1. The molecule has 3 heterocycles. The van der Waals surface area contributed by atoms with Gasteiger partial charge in [0.1, 0.15) is 11.6 Å². The van der Waals surface area contributed by atoms with Gasteiger partial charge in [-0.2, -0.15) is 10.4 Å². The second-order valence-corrected chi connectivity index (χ2v) is 8.92. The number of hydrogen-bond acceptors (Lipinski definition) is 5. The van der Waals surface area contributed by atoms with Crippen LogP contribution in [0.3, 0.4) is 0 Å². The first-order valence-corrected chi connectivity index (χ1v) is 11.2. The van der Waals surface area contributed by atoms with Gasteiger partial charge >= 0.3 is 0 Å². The van der Waals surface area contributed by atoms with Crippen LogP contribution in [0.2, 0.25) is 0 Å². The Morgan fingerprint density at radius 1 is 1.36 bits per heavy atom. The molecular formula is C24H25FN6O2. The molecule has 2 atom stereocenters. The second kappa shape index (κ2) is 8.35. The Morgan fingerprint density at radius 3 is 2.85 bits per heavy atom. The predicted octanol–water partition coefficient (Wildman–Crippen LogP) is 3.83. The summed E-state index contributed by atoms with van der Waals surface area (Å²) in [6.45, 7) is 2.40. The van der Waals surface area contributed by atoms with Gasteiger partial charge in [0.2, 0.25) is 0 Å². The number of amides is 1. The van der Waals surface area contributed by atoms with Crippen molar-refractivity contribution in [2.45, 2.75) is 44.8 Å². The van der Waals surface area contributed by atoms with Gasteiger partial charge in [0, 0.05) is 24.0 Å². The number of pyridine rings is 1. The summed E-state index contributed by atoms with van der Waals surface area (Å²) < 4.78 is 15.3. The lowest BCUT2D eigenvalue weighted by Gasteiger charge is -2.17. The summed E-state index contributed by atoms with van der Waals surface area (Å²) in [5, 5.41) is 17.7. The quantitative estimate of drug-likeness (QED) is 0.596. The summed E-state index contributed by atoms with van der Waals surface area (Å²) in [7, 11) is 0. The van der Waals surface area contributed by atoms with Crippen LogP contribution in [0.4, 0.5) is 15.9 Å². The average molecular weight is 449 g/mol. The number of carbonyl (C=O) groups is 1. The number of H-pyrrole nitrogens is 1. The maximum atomic E-state index is 13.5. The van der Waals surface area contributed by atoms with Crippen molar-refractivity contribution in [3.05, 3.63) is 51.9 Å². The Balaban J connectivity index is 1.47. The third-order valence-electron chi connectivity index (χ3n) is 6.55. The molecule has 2 fully saturated rings. The van der Waals surface area contributed by atoms with Gasteiger partial charge in [-0.1, -0.05) is 0 Å². The van der Waals surface area contributed by atoms with Crippen LogP contribution >= 0.6 is 0 Å². The monoisotopic (exact) mass is 448 g/mol. The first-order chi connectivity index (χ1) is 16.0. The summed E-state index contributed by atoms with van der Waals surface area (Å²) in [4.78, 5) is 29.7. The molecule has 1 saturated carbocycles. The first kappa shape index (κ1) is 21.2. The van der Waals surface area contributed by atoms with Crippen LogP contribution in [0.25, 0.3) is 10.9 Å². The van der Waals surface area contributed by atoms with Gasteiger partial charge in [-0.25, -0.2) is 4.39 Å². The molecular weight excluding hydrogens is 423 g/mol. The highest BCUT2D eigenvalue weighted by atomic mass is 19.1. The summed E-state index contributed by atoms with van der Waals surface area (Å²) in [6, 6.07) is 9.29. The van der Waals surface area contributed by atoms with Crippen LogP contribution in [0.1, 0.15) is 47.6 Å². The number of benzene rings is 1. The molecule has 1 aliphatic heterocycles. The molecule has 9 heteroatoms. The molecule has 1 amide bonds. The highest BCUT2D eigenvalue weighted by Crippen LogP contribution is 2.43. The number of likely N-dealkylation sites (tertiary alicyclic amines) is 1. The lowest BCUT2D eigenvalue weighted by atomic mass is 10.1. The van der Waals surface area contributed by atoms with Gasteiger partial charge in [-0.15, -0.1) is 0 Å². The van der Waals surface area contributed by atoms with E-state index in [4.69, 9.17) is 5.10 Å². The van der Waals surface area contributed by atoms with Crippen molar-refractivity contribution >= 4 is 28.3 Å². The van der Waals surface area contributed by atoms with E-state index in [0.717, 1.165) is 18.4 Å². The van der Waals surface area contributed by atoms with E-state index in [1.165, 1.54) is 0 Å². The molecule has 1 saturated heterocycles. The number of aromatic nitrogens is 3. The zero-order chi connectivity index (χ0) is 23.1. The number of nitrogens with one attached hydrogen (secondary N) is 2. The molecule has 170 valence electrons. The SMILES string of the molecule is Cc1cc(Nc2nn(C(CC#N)C3CC3)c3cc[nH]c(=O)c23)ccc1C(=O)N1CC[C@@H](F)C1. The number of nitriles is 1. The van der Waals surface area contributed by atoms with Gasteiger partial charge in [0.25, 0.3) is 11.5 Å². The van der Waals surface area contributed by atoms with Gasteiger partial charge in [0.15, 0.2) is 5.82 Å². The molecule has 33 heavy (non-hydrogen) atoms. The normalized spacial score (nSPS) is 18.9. The van der Waals surface area contributed by atoms with E-state index in [2.05, 4.69) is 16.4 Å². The Hall–Kier alpha value is -3.67. The van der Waals surface area contributed by atoms with Crippen LogP contribution in [-0.4, -0.2) is 44.8 Å². The van der Waals surface area contributed by atoms with E-state index in [9.17, 15) is 19.2 Å². The van der Waals surface area contributed by atoms with Crippen LogP contribution in [0, 0.1) is 24.2 Å². The maximum absolute atomic E-state index is 13.5. The number of hydrogen-bond donors (Lipinski definition) is 2. The van der Waals surface area contributed by atoms with Crippen molar-refractivity contribution in [1.29, 1.82) is 5.26 Å². The molecule has 2 aliphatic rings. The maximum Gasteiger partial charge on any atom is 0.261 e. The highest BCUT2D eigenvalue weighted by Gasteiger charge is 2.34. The number of aromatic amines is 1. The minimum Gasteiger partial charge on any atom is -0.338 e. The fraction of sp³-hybridized carbons (Fsp3) is 0.417. The van der Waals surface area contributed by atoms with Crippen LogP contribution in [-0.2, 0) is 0 Å². The van der Waals surface area contributed by atoms with Crippen molar-refractivity contribution in [2.24, 2.45) is 5.92 Å². The minimum atomic E-state index is -0.961. The third-order valence-corrected chi connectivity index (χ3v) is 6.55. The summed E-state index contributed by atoms with van der Waals surface area (Å²) in [6.07, 6.45) is 3.44. The van der Waals surface area contributed by atoms with Crippen molar-refractivity contribution in [3.8, 4) is 6.07 Å². The van der Waals surface area contributed by atoms with Crippen LogP contribution in [0.15, 0.2) is 35.3 Å². The molecule has 5 rings (SSSR count). The second-order valence-electron chi connectivity index (χ2n) is 8.92. The fourth-order valence-corrected chi connectivity index (χ4v) is 4.66. The summed E-state index contributed by atoms with van der Waals surface area (Å²) >= 11 is 0. The first-order valence-electron chi connectivity index (χ1n) is 11.2. The molecule has 1 aromatic carbocycles. The van der Waals surface area contributed by atoms with E-state index >= 15 is 0 Å². The van der Waals surface area contributed by atoms with Crippen molar-refractivity contribution in [3.63, 3.8) is 0 Å². The highest BCUT2D eigenvalue weighted by molar-refractivity contribution is 5.97. The van der Waals surface area contributed by atoms with Gasteiger partial charge < -0.3 is 15.2 Å². The smallest absolute Gasteiger partial charge is 0.261 e. The average Bonchev–Trinajstić information content (AvgIpc) is 3.44. The van der Waals surface area contributed by atoms with E-state index in [-0.39, 0.29) is 24.1 Å². The lowest BCUT2D eigenvalue weighted by molar-refractivity contribution is 0.0782. The molecule has 3 aromatic rings. The van der Waals surface area contributed by atoms with E-state index in [1.54, 1.807) is 27.9 Å². The standard InChI is InChI=1S/C24H25FN6O2/c1-14-12-17(4-5-18(14)24(33)30-11-8-16(25)13-30)28-22-21-20(7-10-27-23(21)32)31(29-22)19(6-9-26)15-2-3-15/h4-5,7,10,12,15-16,19H,2-3,6,8,11,13H2,1H3,(H,27,32)(H,28,29)/t16-,19?/m1/s1. The lowest BCUT2D eigenvalue weighted by Crippen LogP contribution is -2.29. The zero-order valence-electron chi connectivity index (χ0n) is 18.3. The van der Waals surface area contributed by atoms with E-state index in [0.29, 0.717) is 53.3 Å². The van der Waals surface area contributed by atoms with Gasteiger partial charge in [0.05, 0.1) is 30.6 Å². The number of rotatable bonds is 6. The van der Waals surface area contributed by atoms with Gasteiger partial charge in [-0.3, -0.25) is 14.3 Å². The molecule has 1 unspecified atom stereocenters. The van der Waals surface area contributed by atoms with Crippen LogP contribution < -0.4 is 10.9 Å². The molecule has 2 N–H and O–H groups in total. The van der Waals surface area contributed by atoms with Crippen molar-refractivity contribution in [1.82, 2.24) is 19.7 Å². The Labute approximate surface area is 190 Å². The molecule has 8 nitrogen and oxygen atoms in total. The molecule has 0 radical (unpaired) electrons. The van der Waals surface area contributed by atoms with Crippen LogP contribution in [0.5, 0.6) is 0 Å². The summed E-state index contributed by atoms with van der Waals surface area (Å²) in [5.74, 6) is 0.629. The molecule has 0 spiro atoms. The number of nitrogens with zero attached hydrogens (tertiary/aromatic N) is 4. The Kier molecular flexibility index (Phi) is 5.36. The van der Waals surface area contributed by atoms with Crippen molar-refractivity contribution in [2.75, 3.05) is 18.4 Å². The fourth-order valence-electron chi connectivity index (χ4n) is 4.66. The van der Waals surface area contributed by atoms with E-state index in [1.807, 2.05) is 19.1 Å². The topological polar surface area (TPSA) is 107 Å². The third kappa shape index (κ3) is 3.97. The zero-order valence-corrected chi connectivity index (χ0v) is 18.3.